The molecule has 2 atom stereocenters. The third-order valence-corrected chi connectivity index (χ3v) is 3.76. The summed E-state index contributed by atoms with van der Waals surface area (Å²) in [7, 11) is 1.57. The quantitative estimate of drug-likeness (QED) is 0.785. The Bertz CT molecular complexity index is 340. The van der Waals surface area contributed by atoms with E-state index in [4.69, 9.17) is 10.5 Å². The zero-order chi connectivity index (χ0) is 12.2. The molecular formula is C11H18N2O2S. The van der Waals surface area contributed by atoms with Gasteiger partial charge in [0.1, 0.15) is 5.54 Å². The Morgan fingerprint density at radius 1 is 1.75 bits per heavy atom. The summed E-state index contributed by atoms with van der Waals surface area (Å²) in [5, 5.41) is 5.16. The molecule has 0 saturated carbocycles. The van der Waals surface area contributed by atoms with Gasteiger partial charge in [-0.1, -0.05) is 6.07 Å². The van der Waals surface area contributed by atoms with Gasteiger partial charge < -0.3 is 10.5 Å². The summed E-state index contributed by atoms with van der Waals surface area (Å²) < 4.78 is 5.19. The van der Waals surface area contributed by atoms with Crippen molar-refractivity contribution in [3.05, 3.63) is 22.4 Å². The van der Waals surface area contributed by atoms with Gasteiger partial charge in [0.2, 0.25) is 5.91 Å². The second-order valence-corrected chi connectivity index (χ2v) is 4.91. The van der Waals surface area contributed by atoms with Crippen molar-refractivity contribution in [2.45, 2.75) is 32.0 Å². The van der Waals surface area contributed by atoms with Crippen LogP contribution in [0.2, 0.25) is 0 Å². The lowest BCUT2D eigenvalue weighted by molar-refractivity contribution is -0.129. The predicted octanol–water partition coefficient (Wildman–Crippen LogP) is 1.12. The van der Waals surface area contributed by atoms with Crippen molar-refractivity contribution in [2.75, 3.05) is 7.11 Å². The molecule has 0 radical (unpaired) electrons. The molecule has 0 fully saturated rings. The van der Waals surface area contributed by atoms with Crippen molar-refractivity contribution in [1.29, 1.82) is 0 Å². The van der Waals surface area contributed by atoms with Crippen LogP contribution in [0.5, 0.6) is 0 Å². The fourth-order valence-corrected chi connectivity index (χ4v) is 2.00. The largest absolute Gasteiger partial charge is 0.379 e. The molecular weight excluding hydrogens is 224 g/mol. The van der Waals surface area contributed by atoms with Crippen LogP contribution in [0.1, 0.15) is 18.7 Å². The highest BCUT2D eigenvalue weighted by Gasteiger charge is 2.37. The molecule has 4 nitrogen and oxygen atoms in total. The average molecular weight is 242 g/mol. The molecule has 0 bridgehead atoms. The van der Waals surface area contributed by atoms with E-state index in [2.05, 4.69) is 5.32 Å². The van der Waals surface area contributed by atoms with Crippen molar-refractivity contribution in [3.8, 4) is 0 Å². The van der Waals surface area contributed by atoms with Gasteiger partial charge in [-0.25, -0.2) is 0 Å². The van der Waals surface area contributed by atoms with Crippen LogP contribution in [0.15, 0.2) is 17.5 Å². The predicted molar refractivity (Wildman–Crippen MR) is 65.2 cm³/mol. The summed E-state index contributed by atoms with van der Waals surface area (Å²) >= 11 is 1.64. The molecule has 0 aliphatic rings. The van der Waals surface area contributed by atoms with Gasteiger partial charge in [-0.15, -0.1) is 11.3 Å². The molecule has 0 aliphatic heterocycles. The SMILES string of the molecule is COC(C)C(C)(NCc1cccs1)C(N)=O. The number of methoxy groups -OCH3 is 1. The summed E-state index contributed by atoms with van der Waals surface area (Å²) in [6, 6.07) is 3.99. The van der Waals surface area contributed by atoms with E-state index in [1.54, 1.807) is 25.4 Å². The van der Waals surface area contributed by atoms with Crippen LogP contribution in [0, 0.1) is 0 Å². The van der Waals surface area contributed by atoms with Crippen LogP contribution in [0.3, 0.4) is 0 Å². The van der Waals surface area contributed by atoms with Gasteiger partial charge in [-0.2, -0.15) is 0 Å². The van der Waals surface area contributed by atoms with Gasteiger partial charge in [-0.05, 0) is 25.3 Å². The molecule has 0 spiro atoms. The van der Waals surface area contributed by atoms with E-state index >= 15 is 0 Å². The summed E-state index contributed by atoms with van der Waals surface area (Å²) in [5.41, 5.74) is 4.56. The smallest absolute Gasteiger partial charge is 0.240 e. The third kappa shape index (κ3) is 2.81. The van der Waals surface area contributed by atoms with Crippen LogP contribution < -0.4 is 11.1 Å². The summed E-state index contributed by atoms with van der Waals surface area (Å²) in [4.78, 5) is 12.6. The highest BCUT2D eigenvalue weighted by atomic mass is 32.1. The molecule has 1 amide bonds. The molecule has 1 rings (SSSR count). The highest BCUT2D eigenvalue weighted by Crippen LogP contribution is 2.15. The molecule has 2 unspecified atom stereocenters. The molecule has 90 valence electrons. The van der Waals surface area contributed by atoms with Crippen LogP contribution in [0.4, 0.5) is 0 Å². The number of hydrogen-bond donors (Lipinski definition) is 2. The highest BCUT2D eigenvalue weighted by molar-refractivity contribution is 7.09. The second-order valence-electron chi connectivity index (χ2n) is 3.88. The first kappa shape index (κ1) is 13.2. The van der Waals surface area contributed by atoms with Gasteiger partial charge in [0.05, 0.1) is 6.10 Å². The topological polar surface area (TPSA) is 64.3 Å². The first-order valence-electron chi connectivity index (χ1n) is 5.11. The van der Waals surface area contributed by atoms with E-state index in [0.717, 1.165) is 4.88 Å². The third-order valence-electron chi connectivity index (χ3n) is 2.89. The minimum atomic E-state index is -0.848. The van der Waals surface area contributed by atoms with Crippen LogP contribution in [-0.4, -0.2) is 24.7 Å². The number of rotatable bonds is 6. The number of carbonyl (C=O) groups is 1. The maximum atomic E-state index is 11.5. The van der Waals surface area contributed by atoms with Crippen molar-refractivity contribution in [2.24, 2.45) is 5.73 Å². The van der Waals surface area contributed by atoms with Gasteiger partial charge in [-0.3, -0.25) is 10.1 Å². The maximum Gasteiger partial charge on any atom is 0.240 e. The van der Waals surface area contributed by atoms with Crippen molar-refractivity contribution in [3.63, 3.8) is 0 Å². The Morgan fingerprint density at radius 2 is 2.44 bits per heavy atom. The Kier molecular flexibility index (Phi) is 4.46. The van der Waals surface area contributed by atoms with E-state index in [1.807, 2.05) is 24.4 Å². The standard InChI is InChI=1S/C11H18N2O2S/c1-8(15-3)11(2,10(12)14)13-7-9-5-4-6-16-9/h4-6,8,13H,7H2,1-3H3,(H2,12,14). The lowest BCUT2D eigenvalue weighted by Gasteiger charge is -2.32. The first-order valence-corrected chi connectivity index (χ1v) is 5.98. The number of primary amides is 1. The molecule has 3 N–H and O–H groups in total. The number of ether oxygens (including phenoxy) is 1. The van der Waals surface area contributed by atoms with Crippen LogP contribution in [0.25, 0.3) is 0 Å². The van der Waals surface area contributed by atoms with E-state index in [-0.39, 0.29) is 6.10 Å². The first-order chi connectivity index (χ1) is 7.50. The van der Waals surface area contributed by atoms with Gasteiger partial charge >= 0.3 is 0 Å². The van der Waals surface area contributed by atoms with Crippen LogP contribution in [-0.2, 0) is 16.1 Å². The lowest BCUT2D eigenvalue weighted by atomic mass is 9.95. The Hall–Kier alpha value is -0.910. The fourth-order valence-electron chi connectivity index (χ4n) is 1.35. The van der Waals surface area contributed by atoms with Crippen molar-refractivity contribution in [1.82, 2.24) is 5.32 Å². The molecule has 0 saturated heterocycles. The molecule has 1 aromatic heterocycles. The Morgan fingerprint density at radius 3 is 2.88 bits per heavy atom. The van der Waals surface area contributed by atoms with Crippen LogP contribution >= 0.6 is 11.3 Å². The number of nitrogens with two attached hydrogens (primary N) is 1. The van der Waals surface area contributed by atoms with E-state index < -0.39 is 11.4 Å². The Balaban J connectivity index is 2.68. The van der Waals surface area contributed by atoms with Crippen molar-refractivity contribution >= 4 is 17.2 Å². The average Bonchev–Trinajstić information content (AvgIpc) is 2.77. The Labute approximate surface area is 99.8 Å². The molecule has 16 heavy (non-hydrogen) atoms. The normalized spacial score (nSPS) is 16.7. The summed E-state index contributed by atoms with van der Waals surface area (Å²) in [5.74, 6) is -0.404. The zero-order valence-electron chi connectivity index (χ0n) is 9.82. The lowest BCUT2D eigenvalue weighted by Crippen LogP contribution is -2.60. The molecule has 1 aromatic rings. The number of thiophene rings is 1. The maximum absolute atomic E-state index is 11.5. The summed E-state index contributed by atoms with van der Waals surface area (Å²) in [6.45, 7) is 4.20. The minimum absolute atomic E-state index is 0.273. The van der Waals surface area contributed by atoms with Gasteiger partial charge in [0, 0.05) is 18.5 Å². The molecule has 0 aliphatic carbocycles. The van der Waals surface area contributed by atoms with Crippen molar-refractivity contribution < 1.29 is 9.53 Å². The summed E-state index contributed by atoms with van der Waals surface area (Å²) in [6.07, 6.45) is -0.273. The number of amides is 1. The number of hydrogen-bond acceptors (Lipinski definition) is 4. The minimum Gasteiger partial charge on any atom is -0.379 e. The fraction of sp³-hybridized carbons (Fsp3) is 0.545. The molecule has 0 aromatic carbocycles. The zero-order valence-corrected chi connectivity index (χ0v) is 10.6. The molecule has 1 heterocycles. The second kappa shape index (κ2) is 5.43. The number of carbonyl (C=O) groups excluding carboxylic acids is 1. The van der Waals surface area contributed by atoms with E-state index in [1.165, 1.54) is 0 Å². The number of nitrogens with one attached hydrogen (secondary N) is 1. The van der Waals surface area contributed by atoms with Gasteiger partial charge in [0.15, 0.2) is 0 Å². The molecule has 5 heteroatoms. The van der Waals surface area contributed by atoms with Gasteiger partial charge in [0.25, 0.3) is 0 Å². The van der Waals surface area contributed by atoms with E-state index in [9.17, 15) is 4.79 Å². The monoisotopic (exact) mass is 242 g/mol. The van der Waals surface area contributed by atoms with E-state index in [0.29, 0.717) is 6.54 Å².